The van der Waals surface area contributed by atoms with E-state index in [1.165, 1.54) is 0 Å². The maximum atomic E-state index is 12.0. The molecular weight excluding hydrogens is 336 g/mol. The summed E-state index contributed by atoms with van der Waals surface area (Å²) in [5.41, 5.74) is 12.7. The third kappa shape index (κ3) is 5.92. The van der Waals surface area contributed by atoms with Gasteiger partial charge in [-0.05, 0) is 30.3 Å². The highest BCUT2D eigenvalue weighted by Crippen LogP contribution is 2.25. The smallest absolute Gasteiger partial charge is 0.250 e. The van der Waals surface area contributed by atoms with Crippen molar-refractivity contribution in [2.24, 2.45) is 11.5 Å². The zero-order chi connectivity index (χ0) is 18.8. The van der Waals surface area contributed by atoms with Crippen LogP contribution in [0.2, 0.25) is 0 Å². The lowest BCUT2D eigenvalue weighted by Crippen LogP contribution is -2.20. The molecule has 5 N–H and O–H groups in total. The van der Waals surface area contributed by atoms with Crippen LogP contribution in [0.1, 0.15) is 10.4 Å². The number of primary amides is 1. The zero-order valence-electron chi connectivity index (χ0n) is 14.3. The Balaban J connectivity index is 1.99. The topological polar surface area (TPSA) is 130 Å². The molecule has 0 aliphatic heterocycles. The second kappa shape index (κ2) is 10.2. The van der Waals surface area contributed by atoms with E-state index in [1.807, 2.05) is 0 Å². The Morgan fingerprint density at radius 1 is 1.08 bits per heavy atom. The molecule has 1 aromatic heterocycles. The van der Waals surface area contributed by atoms with Crippen molar-refractivity contribution in [2.45, 2.75) is 0 Å². The molecule has 2 amide bonds. The van der Waals surface area contributed by atoms with Gasteiger partial charge < -0.3 is 26.3 Å². The normalized spacial score (nSPS) is 10.5. The monoisotopic (exact) mass is 358 g/mol. The van der Waals surface area contributed by atoms with Crippen LogP contribution in [0.25, 0.3) is 11.3 Å². The van der Waals surface area contributed by atoms with Crippen LogP contribution in [0.4, 0.5) is 5.69 Å². The average Bonchev–Trinajstić information content (AvgIpc) is 2.65. The van der Waals surface area contributed by atoms with E-state index < -0.39 is 5.91 Å². The summed E-state index contributed by atoms with van der Waals surface area (Å²) in [6, 6.07) is 10.2. The lowest BCUT2D eigenvalue weighted by atomic mass is 10.0. The van der Waals surface area contributed by atoms with Crippen LogP contribution < -0.4 is 16.8 Å². The number of amides is 2. The maximum absolute atomic E-state index is 12.0. The average molecular weight is 358 g/mol. The van der Waals surface area contributed by atoms with Crippen molar-refractivity contribution < 1.29 is 19.1 Å². The number of pyridine rings is 1. The fourth-order valence-corrected chi connectivity index (χ4v) is 2.24. The second-order valence-corrected chi connectivity index (χ2v) is 5.34. The Kier molecular flexibility index (Phi) is 7.69. The van der Waals surface area contributed by atoms with E-state index >= 15 is 0 Å². The second-order valence-electron chi connectivity index (χ2n) is 5.34. The van der Waals surface area contributed by atoms with Crippen LogP contribution in [0.5, 0.6) is 0 Å². The van der Waals surface area contributed by atoms with Gasteiger partial charge in [0.1, 0.15) is 6.61 Å². The Labute approximate surface area is 151 Å². The number of carbonyl (C=O) groups is 2. The Bertz CT molecular complexity index is 737. The first kappa shape index (κ1) is 19.5. The number of hydrogen-bond acceptors (Lipinski definition) is 6. The predicted molar refractivity (Wildman–Crippen MR) is 97.5 cm³/mol. The van der Waals surface area contributed by atoms with Crippen LogP contribution in [0, 0.1) is 0 Å². The number of rotatable bonds is 10. The molecule has 0 aliphatic carbocycles. The highest BCUT2D eigenvalue weighted by atomic mass is 16.5. The molecule has 0 aliphatic rings. The van der Waals surface area contributed by atoms with Crippen LogP contribution in [0.3, 0.4) is 0 Å². The van der Waals surface area contributed by atoms with Crippen LogP contribution in [-0.2, 0) is 14.3 Å². The number of nitrogens with zero attached hydrogens (tertiary/aromatic N) is 1. The molecule has 0 spiro atoms. The van der Waals surface area contributed by atoms with Gasteiger partial charge in [-0.15, -0.1) is 0 Å². The van der Waals surface area contributed by atoms with Crippen molar-refractivity contribution >= 4 is 17.5 Å². The van der Waals surface area contributed by atoms with Crippen molar-refractivity contribution in [2.75, 3.05) is 38.3 Å². The molecular formula is C18H22N4O4. The Morgan fingerprint density at radius 2 is 1.88 bits per heavy atom. The van der Waals surface area contributed by atoms with E-state index in [4.69, 9.17) is 20.9 Å². The molecule has 8 heteroatoms. The summed E-state index contributed by atoms with van der Waals surface area (Å²) in [5.74, 6) is -0.882. The van der Waals surface area contributed by atoms with Crippen molar-refractivity contribution in [3.8, 4) is 11.3 Å². The van der Waals surface area contributed by atoms with Gasteiger partial charge in [-0.1, -0.05) is 6.07 Å². The van der Waals surface area contributed by atoms with Gasteiger partial charge >= 0.3 is 0 Å². The standard InChI is InChI=1S/C18H22N4O4/c19-6-8-25-9-10-26-12-17(23)22-13-4-5-14(18(20)24)15(11-13)16-3-1-2-7-21-16/h1-5,7,11H,6,8-10,12,19H2,(H2,20,24)(H,22,23). The molecule has 1 aromatic carbocycles. The van der Waals surface area contributed by atoms with Gasteiger partial charge in [-0.3, -0.25) is 14.6 Å². The summed E-state index contributed by atoms with van der Waals surface area (Å²) in [5, 5.41) is 2.72. The number of benzene rings is 1. The largest absolute Gasteiger partial charge is 0.378 e. The zero-order valence-corrected chi connectivity index (χ0v) is 14.3. The molecule has 0 saturated heterocycles. The quantitative estimate of drug-likeness (QED) is 0.538. The summed E-state index contributed by atoms with van der Waals surface area (Å²) in [6.07, 6.45) is 1.62. The molecule has 0 radical (unpaired) electrons. The van der Waals surface area contributed by atoms with E-state index in [1.54, 1.807) is 42.6 Å². The lowest BCUT2D eigenvalue weighted by Gasteiger charge is -2.11. The minimum atomic E-state index is -0.565. The fourth-order valence-electron chi connectivity index (χ4n) is 2.24. The molecule has 8 nitrogen and oxygen atoms in total. The number of ether oxygens (including phenoxy) is 2. The van der Waals surface area contributed by atoms with E-state index in [0.29, 0.717) is 48.9 Å². The van der Waals surface area contributed by atoms with Crippen molar-refractivity contribution in [1.29, 1.82) is 0 Å². The number of nitrogens with one attached hydrogen (secondary N) is 1. The summed E-state index contributed by atoms with van der Waals surface area (Å²) in [4.78, 5) is 27.8. The van der Waals surface area contributed by atoms with Crippen molar-refractivity contribution in [3.63, 3.8) is 0 Å². The Hall–Kier alpha value is -2.81. The molecule has 2 rings (SSSR count). The van der Waals surface area contributed by atoms with Crippen LogP contribution in [-0.4, -0.2) is 49.8 Å². The number of hydrogen-bond donors (Lipinski definition) is 3. The molecule has 1 heterocycles. The van der Waals surface area contributed by atoms with Gasteiger partial charge in [0.25, 0.3) is 0 Å². The highest BCUT2D eigenvalue weighted by molar-refractivity contribution is 6.01. The van der Waals surface area contributed by atoms with Gasteiger partial charge in [0.2, 0.25) is 11.8 Å². The van der Waals surface area contributed by atoms with Crippen molar-refractivity contribution in [3.05, 3.63) is 48.2 Å². The molecule has 0 bridgehead atoms. The van der Waals surface area contributed by atoms with Gasteiger partial charge in [0, 0.05) is 29.6 Å². The first-order valence-electron chi connectivity index (χ1n) is 8.12. The molecule has 138 valence electrons. The lowest BCUT2D eigenvalue weighted by molar-refractivity contribution is -0.121. The minimum Gasteiger partial charge on any atom is -0.378 e. The predicted octanol–water partition coefficient (Wildman–Crippen LogP) is 0.778. The molecule has 2 aromatic rings. The molecule has 26 heavy (non-hydrogen) atoms. The molecule has 0 unspecified atom stereocenters. The molecule has 0 fully saturated rings. The summed E-state index contributed by atoms with van der Waals surface area (Å²) < 4.78 is 10.4. The summed E-state index contributed by atoms with van der Waals surface area (Å²) in [6.45, 7) is 1.47. The molecule has 0 atom stereocenters. The third-order valence-corrected chi connectivity index (χ3v) is 3.38. The maximum Gasteiger partial charge on any atom is 0.250 e. The van der Waals surface area contributed by atoms with Crippen LogP contribution >= 0.6 is 0 Å². The number of anilines is 1. The van der Waals surface area contributed by atoms with Crippen LogP contribution in [0.15, 0.2) is 42.6 Å². The fraction of sp³-hybridized carbons (Fsp3) is 0.278. The van der Waals surface area contributed by atoms with Crippen molar-refractivity contribution in [1.82, 2.24) is 4.98 Å². The van der Waals surface area contributed by atoms with Gasteiger partial charge in [0.15, 0.2) is 0 Å². The SMILES string of the molecule is NCCOCCOCC(=O)Nc1ccc(C(N)=O)c(-c2ccccn2)c1. The number of carbonyl (C=O) groups excluding carboxylic acids is 2. The number of nitrogens with two attached hydrogens (primary N) is 2. The first-order valence-corrected chi connectivity index (χ1v) is 8.12. The van der Waals surface area contributed by atoms with Gasteiger partial charge in [-0.25, -0.2) is 0 Å². The minimum absolute atomic E-state index is 0.109. The van der Waals surface area contributed by atoms with E-state index in [2.05, 4.69) is 10.3 Å². The van der Waals surface area contributed by atoms with E-state index in [9.17, 15) is 9.59 Å². The first-order chi connectivity index (χ1) is 12.6. The number of aromatic nitrogens is 1. The summed E-state index contributed by atoms with van der Waals surface area (Å²) >= 11 is 0. The van der Waals surface area contributed by atoms with E-state index in [0.717, 1.165) is 0 Å². The molecule has 0 saturated carbocycles. The third-order valence-electron chi connectivity index (χ3n) is 3.38. The highest BCUT2D eigenvalue weighted by Gasteiger charge is 2.13. The van der Waals surface area contributed by atoms with Gasteiger partial charge in [-0.2, -0.15) is 0 Å². The van der Waals surface area contributed by atoms with E-state index in [-0.39, 0.29) is 12.5 Å². The van der Waals surface area contributed by atoms with Gasteiger partial charge in [0.05, 0.1) is 25.5 Å². The summed E-state index contributed by atoms with van der Waals surface area (Å²) in [7, 11) is 0. The Morgan fingerprint density at radius 3 is 2.58 bits per heavy atom.